The fourth-order valence-electron chi connectivity index (χ4n) is 4.15. The minimum Gasteiger partial charge on any atom is -0.464 e. The fraction of sp³-hybridized carbons (Fsp3) is 0.217. The van der Waals surface area contributed by atoms with Crippen molar-refractivity contribution in [3.63, 3.8) is 0 Å². The molecule has 2 aromatic heterocycles. The van der Waals surface area contributed by atoms with E-state index in [0.717, 1.165) is 25.9 Å². The second-order valence-electron chi connectivity index (χ2n) is 8.10. The summed E-state index contributed by atoms with van der Waals surface area (Å²) in [6.07, 6.45) is 2.17. The molecule has 0 bridgehead atoms. The van der Waals surface area contributed by atoms with Crippen molar-refractivity contribution in [3.05, 3.63) is 73.0 Å². The first-order chi connectivity index (χ1) is 13.9. The summed E-state index contributed by atoms with van der Waals surface area (Å²) in [4.78, 5) is 2.55. The first-order valence-corrected chi connectivity index (χ1v) is 11.9. The minimum atomic E-state index is -0.314. The van der Waals surface area contributed by atoms with Crippen molar-refractivity contribution in [2.45, 2.75) is 31.4 Å². The molecule has 0 spiro atoms. The van der Waals surface area contributed by atoms with Crippen LogP contribution in [0.25, 0.3) is 22.2 Å². The zero-order valence-corrected chi connectivity index (χ0v) is 19.5. The van der Waals surface area contributed by atoms with Crippen LogP contribution >= 0.6 is 43.2 Å². The van der Waals surface area contributed by atoms with Crippen molar-refractivity contribution in [1.82, 2.24) is 4.57 Å². The van der Waals surface area contributed by atoms with E-state index in [-0.39, 0.29) is 12.0 Å². The molecule has 146 valence electrons. The van der Waals surface area contributed by atoms with Crippen molar-refractivity contribution in [3.8, 4) is 17.0 Å². The van der Waals surface area contributed by atoms with Crippen LogP contribution in [0.2, 0.25) is 0 Å². The maximum absolute atomic E-state index is 15.0. The largest absolute Gasteiger partial charge is 0.464 e. The Morgan fingerprint density at radius 2 is 1.90 bits per heavy atom. The van der Waals surface area contributed by atoms with E-state index in [1.54, 1.807) is 0 Å². The second-order valence-corrected chi connectivity index (χ2v) is 11.0. The predicted molar refractivity (Wildman–Crippen MR) is 122 cm³/mol. The predicted octanol–water partition coefficient (Wildman–Crippen LogP) is 8.02. The molecular weight excluding hydrogens is 517 g/mol. The quantitative estimate of drug-likeness (QED) is 0.255. The molecule has 1 aliphatic heterocycles. The zero-order valence-electron chi connectivity index (χ0n) is 15.5. The van der Waals surface area contributed by atoms with E-state index in [1.807, 2.05) is 23.5 Å². The van der Waals surface area contributed by atoms with Gasteiger partial charge < -0.3 is 4.74 Å². The van der Waals surface area contributed by atoms with E-state index in [0.29, 0.717) is 21.2 Å². The molecule has 4 aromatic rings. The van der Waals surface area contributed by atoms with E-state index in [9.17, 15) is 4.39 Å². The molecule has 29 heavy (non-hydrogen) atoms. The van der Waals surface area contributed by atoms with Crippen molar-refractivity contribution < 1.29 is 9.13 Å². The molecule has 6 rings (SSSR count). The van der Waals surface area contributed by atoms with E-state index in [4.69, 9.17) is 4.74 Å². The van der Waals surface area contributed by atoms with Crippen LogP contribution in [0, 0.1) is 5.82 Å². The Morgan fingerprint density at radius 3 is 2.69 bits per heavy atom. The monoisotopic (exact) mass is 531 g/mol. The number of thiophene rings is 1. The van der Waals surface area contributed by atoms with Crippen molar-refractivity contribution in [1.29, 1.82) is 0 Å². The molecule has 3 heterocycles. The maximum atomic E-state index is 15.0. The molecular formula is C23H16Br2FNOS. The van der Waals surface area contributed by atoms with Crippen molar-refractivity contribution >= 4 is 54.1 Å². The number of halogens is 3. The Kier molecular flexibility index (Phi) is 3.88. The third-order valence-electron chi connectivity index (χ3n) is 6.01. The molecule has 0 N–H and O–H groups in total. The van der Waals surface area contributed by atoms with Gasteiger partial charge in [-0.3, -0.25) is 4.57 Å². The van der Waals surface area contributed by atoms with Gasteiger partial charge in [0.25, 0.3) is 0 Å². The third-order valence-corrected chi connectivity index (χ3v) is 8.39. The Balaban J connectivity index is 1.61. The lowest BCUT2D eigenvalue weighted by atomic mass is 10.1. The zero-order chi connectivity index (χ0) is 19.9. The van der Waals surface area contributed by atoms with E-state index < -0.39 is 0 Å². The molecule has 2 aliphatic rings. The summed E-state index contributed by atoms with van der Waals surface area (Å²) in [6, 6.07) is 16.0. The number of benzene rings is 2. The van der Waals surface area contributed by atoms with Gasteiger partial charge in [-0.15, -0.1) is 11.3 Å². The van der Waals surface area contributed by atoms with Crippen LogP contribution in [0.15, 0.2) is 57.5 Å². The molecule has 2 aromatic carbocycles. The average Bonchev–Trinajstić information content (AvgIpc) is 3.10. The highest BCUT2D eigenvalue weighted by atomic mass is 79.9. The molecule has 1 saturated carbocycles. The number of ether oxygens (including phenoxy) is 1. The Bertz CT molecular complexity index is 1300. The maximum Gasteiger partial charge on any atom is 0.212 e. The van der Waals surface area contributed by atoms with Crippen LogP contribution in [0.3, 0.4) is 0 Å². The van der Waals surface area contributed by atoms with Gasteiger partial charge in [0.15, 0.2) is 0 Å². The summed E-state index contributed by atoms with van der Waals surface area (Å²) in [7, 11) is 0. The number of aromatic nitrogens is 1. The molecule has 1 fully saturated rings. The molecule has 1 unspecified atom stereocenters. The van der Waals surface area contributed by atoms with Gasteiger partial charge in [-0.1, -0.05) is 38.8 Å². The first kappa shape index (κ1) is 18.2. The topological polar surface area (TPSA) is 14.2 Å². The summed E-state index contributed by atoms with van der Waals surface area (Å²) in [5.74, 6) is 0.289. The normalized spacial score (nSPS) is 19.0. The molecule has 1 atom stereocenters. The van der Waals surface area contributed by atoms with Gasteiger partial charge in [0, 0.05) is 24.6 Å². The highest BCUT2D eigenvalue weighted by Gasteiger charge is 2.41. The lowest BCUT2D eigenvalue weighted by Crippen LogP contribution is -2.22. The summed E-state index contributed by atoms with van der Waals surface area (Å²) in [5.41, 5.74) is 2.72. The lowest BCUT2D eigenvalue weighted by molar-refractivity contribution is 0.176. The average molecular weight is 533 g/mol. The van der Waals surface area contributed by atoms with Gasteiger partial charge in [0.1, 0.15) is 11.6 Å². The highest BCUT2D eigenvalue weighted by molar-refractivity contribution is 9.10. The van der Waals surface area contributed by atoms with Crippen LogP contribution in [-0.4, -0.2) is 4.57 Å². The van der Waals surface area contributed by atoms with E-state index >= 15 is 0 Å². The van der Waals surface area contributed by atoms with Gasteiger partial charge in [-0.25, -0.2) is 4.39 Å². The SMILES string of the molecule is CC1(c2ccc(C3Oc4cc(Br)cc(F)c4-c4cc5cc(Br)ccc5n43)s2)CC1. The van der Waals surface area contributed by atoms with Crippen molar-refractivity contribution in [2.24, 2.45) is 0 Å². The van der Waals surface area contributed by atoms with Gasteiger partial charge in [-0.2, -0.15) is 0 Å². The van der Waals surface area contributed by atoms with Gasteiger partial charge in [0.05, 0.1) is 21.7 Å². The number of fused-ring (bicyclic) bond motifs is 5. The molecule has 1 aliphatic carbocycles. The molecule has 0 radical (unpaired) electrons. The highest BCUT2D eigenvalue weighted by Crippen LogP contribution is 2.52. The molecule has 0 amide bonds. The summed E-state index contributed by atoms with van der Waals surface area (Å²) >= 11 is 8.77. The molecule has 0 saturated heterocycles. The van der Waals surface area contributed by atoms with Crippen LogP contribution in [0.5, 0.6) is 5.75 Å². The standard InChI is InChI=1S/C23H16Br2FNOS/c1-23(6-7-23)20-5-4-19(29-20)22-27-16-3-2-13(24)8-12(16)9-17(27)21-15(26)10-14(25)11-18(21)28-22/h2-5,8-11,22H,6-7H2,1H3. The van der Waals surface area contributed by atoms with Crippen LogP contribution in [-0.2, 0) is 5.41 Å². The summed E-state index contributed by atoms with van der Waals surface area (Å²) in [6.45, 7) is 2.32. The Hall–Kier alpha value is -1.63. The summed E-state index contributed by atoms with van der Waals surface area (Å²) in [5, 5.41) is 1.06. The fourth-order valence-corrected chi connectivity index (χ4v) is 6.16. The number of rotatable bonds is 2. The Labute approximate surface area is 188 Å². The molecule has 6 heteroatoms. The molecule has 2 nitrogen and oxygen atoms in total. The van der Waals surface area contributed by atoms with Gasteiger partial charge in [-0.05, 0) is 61.4 Å². The summed E-state index contributed by atoms with van der Waals surface area (Å²) < 4.78 is 25.2. The van der Waals surface area contributed by atoms with Crippen LogP contribution < -0.4 is 4.74 Å². The minimum absolute atomic E-state index is 0.284. The number of hydrogen-bond donors (Lipinski definition) is 0. The van der Waals surface area contributed by atoms with E-state index in [1.165, 1.54) is 23.8 Å². The number of nitrogens with zero attached hydrogens (tertiary/aromatic N) is 1. The third kappa shape index (κ3) is 2.76. The van der Waals surface area contributed by atoms with Gasteiger partial charge in [0.2, 0.25) is 6.23 Å². The van der Waals surface area contributed by atoms with Gasteiger partial charge >= 0.3 is 0 Å². The van der Waals surface area contributed by atoms with E-state index in [2.05, 4.69) is 73.7 Å². The first-order valence-electron chi connectivity index (χ1n) is 9.50. The number of hydrogen-bond acceptors (Lipinski definition) is 2. The van der Waals surface area contributed by atoms with Crippen molar-refractivity contribution in [2.75, 3.05) is 0 Å². The van der Waals surface area contributed by atoms with Crippen LogP contribution in [0.4, 0.5) is 4.39 Å². The second kappa shape index (κ2) is 6.19. The van der Waals surface area contributed by atoms with Crippen LogP contribution in [0.1, 0.15) is 35.7 Å². The lowest BCUT2D eigenvalue weighted by Gasteiger charge is -2.29. The Morgan fingerprint density at radius 1 is 1.07 bits per heavy atom. The smallest absolute Gasteiger partial charge is 0.212 e.